The van der Waals surface area contributed by atoms with Crippen molar-refractivity contribution in [3.8, 4) is 5.75 Å². The third-order valence-corrected chi connectivity index (χ3v) is 2.89. The minimum atomic E-state index is -0.201. The van der Waals surface area contributed by atoms with Crippen LogP contribution in [0.15, 0.2) is 54.6 Å². The first-order valence-corrected chi connectivity index (χ1v) is 6.65. The third-order valence-electron chi connectivity index (χ3n) is 2.89. The molecule has 0 aliphatic carbocycles. The summed E-state index contributed by atoms with van der Waals surface area (Å²) in [4.78, 5) is 0. The summed E-state index contributed by atoms with van der Waals surface area (Å²) < 4.78 is 11.5. The Morgan fingerprint density at radius 2 is 1.65 bits per heavy atom. The standard InChI is InChI=1S/C16H20N2O2/c17-10-11-19-12-16(13-6-2-1-3-7-13)20-15-9-5-4-8-14(15)18/h1-9,16H,10-12,17-18H2. The fourth-order valence-corrected chi connectivity index (χ4v) is 1.88. The van der Waals surface area contributed by atoms with Crippen molar-refractivity contribution in [1.29, 1.82) is 0 Å². The highest BCUT2D eigenvalue weighted by atomic mass is 16.5. The molecule has 1 atom stereocenters. The van der Waals surface area contributed by atoms with Gasteiger partial charge in [0.15, 0.2) is 0 Å². The highest BCUT2D eigenvalue weighted by Gasteiger charge is 2.14. The van der Waals surface area contributed by atoms with Gasteiger partial charge in [0, 0.05) is 6.54 Å². The van der Waals surface area contributed by atoms with Crippen LogP contribution in [0.4, 0.5) is 5.69 Å². The molecule has 0 amide bonds. The minimum Gasteiger partial charge on any atom is -0.481 e. The van der Waals surface area contributed by atoms with Crippen molar-refractivity contribution in [3.05, 3.63) is 60.2 Å². The molecule has 2 rings (SSSR count). The molecule has 0 aromatic heterocycles. The van der Waals surface area contributed by atoms with Gasteiger partial charge in [-0.25, -0.2) is 0 Å². The van der Waals surface area contributed by atoms with Crippen LogP contribution in [0.25, 0.3) is 0 Å². The first-order chi connectivity index (χ1) is 9.81. The summed E-state index contributed by atoms with van der Waals surface area (Å²) in [7, 11) is 0. The smallest absolute Gasteiger partial charge is 0.147 e. The van der Waals surface area contributed by atoms with E-state index in [0.717, 1.165) is 5.56 Å². The van der Waals surface area contributed by atoms with Crippen molar-refractivity contribution in [1.82, 2.24) is 0 Å². The van der Waals surface area contributed by atoms with Gasteiger partial charge < -0.3 is 20.9 Å². The fourth-order valence-electron chi connectivity index (χ4n) is 1.88. The zero-order chi connectivity index (χ0) is 14.2. The van der Waals surface area contributed by atoms with Crippen molar-refractivity contribution in [2.45, 2.75) is 6.10 Å². The average molecular weight is 272 g/mol. The maximum Gasteiger partial charge on any atom is 0.147 e. The normalized spacial score (nSPS) is 12.1. The van der Waals surface area contributed by atoms with Gasteiger partial charge in [-0.1, -0.05) is 42.5 Å². The second kappa shape index (κ2) is 7.53. The molecule has 0 bridgehead atoms. The fraction of sp³-hybridized carbons (Fsp3) is 0.250. The Hall–Kier alpha value is -2.04. The van der Waals surface area contributed by atoms with E-state index in [1.807, 2.05) is 54.6 Å². The molecule has 0 saturated carbocycles. The number of benzene rings is 2. The maximum absolute atomic E-state index is 5.99. The molecule has 4 N–H and O–H groups in total. The van der Waals surface area contributed by atoms with E-state index in [0.29, 0.717) is 31.2 Å². The van der Waals surface area contributed by atoms with Gasteiger partial charge in [0.25, 0.3) is 0 Å². The second-order valence-electron chi connectivity index (χ2n) is 4.42. The van der Waals surface area contributed by atoms with E-state index in [4.69, 9.17) is 20.9 Å². The highest BCUT2D eigenvalue weighted by Crippen LogP contribution is 2.27. The predicted octanol–water partition coefficient (Wildman–Crippen LogP) is 2.36. The van der Waals surface area contributed by atoms with Crippen LogP contribution >= 0.6 is 0 Å². The van der Waals surface area contributed by atoms with E-state index >= 15 is 0 Å². The molecule has 2 aromatic rings. The van der Waals surface area contributed by atoms with Crippen LogP contribution in [-0.2, 0) is 4.74 Å². The zero-order valence-electron chi connectivity index (χ0n) is 11.4. The van der Waals surface area contributed by atoms with E-state index in [2.05, 4.69) is 0 Å². The van der Waals surface area contributed by atoms with Gasteiger partial charge >= 0.3 is 0 Å². The molecule has 0 aliphatic rings. The largest absolute Gasteiger partial charge is 0.481 e. The van der Waals surface area contributed by atoms with Crippen LogP contribution in [0, 0.1) is 0 Å². The Kier molecular flexibility index (Phi) is 5.41. The summed E-state index contributed by atoms with van der Waals surface area (Å²) in [5.41, 5.74) is 13.0. The summed E-state index contributed by atoms with van der Waals surface area (Å²) in [6.45, 7) is 1.45. The SMILES string of the molecule is NCCOCC(Oc1ccccc1N)c1ccccc1. The molecule has 4 heteroatoms. The third kappa shape index (κ3) is 3.98. The Morgan fingerprint density at radius 3 is 2.35 bits per heavy atom. The van der Waals surface area contributed by atoms with E-state index in [-0.39, 0.29) is 6.10 Å². The van der Waals surface area contributed by atoms with Crippen LogP contribution in [0.2, 0.25) is 0 Å². The number of nitrogens with two attached hydrogens (primary N) is 2. The summed E-state index contributed by atoms with van der Waals surface area (Å²) in [5.74, 6) is 0.665. The number of para-hydroxylation sites is 2. The summed E-state index contributed by atoms with van der Waals surface area (Å²) >= 11 is 0. The maximum atomic E-state index is 5.99. The molecule has 0 heterocycles. The van der Waals surface area contributed by atoms with E-state index in [9.17, 15) is 0 Å². The Labute approximate surface area is 119 Å². The molecule has 1 unspecified atom stereocenters. The average Bonchev–Trinajstić information content (AvgIpc) is 2.49. The lowest BCUT2D eigenvalue weighted by atomic mass is 10.1. The lowest BCUT2D eigenvalue weighted by Crippen LogP contribution is -2.18. The topological polar surface area (TPSA) is 70.5 Å². The minimum absolute atomic E-state index is 0.201. The molecule has 0 aliphatic heterocycles. The van der Waals surface area contributed by atoms with Crippen LogP contribution in [0.3, 0.4) is 0 Å². The number of hydrogen-bond donors (Lipinski definition) is 2. The summed E-state index contributed by atoms with van der Waals surface area (Å²) in [5, 5.41) is 0. The summed E-state index contributed by atoms with van der Waals surface area (Å²) in [6.07, 6.45) is -0.201. The molecule has 0 spiro atoms. The highest BCUT2D eigenvalue weighted by molar-refractivity contribution is 5.52. The lowest BCUT2D eigenvalue weighted by Gasteiger charge is -2.20. The van der Waals surface area contributed by atoms with Gasteiger partial charge in [-0.2, -0.15) is 0 Å². The molecule has 0 fully saturated rings. The molecule has 20 heavy (non-hydrogen) atoms. The monoisotopic (exact) mass is 272 g/mol. The lowest BCUT2D eigenvalue weighted by molar-refractivity contribution is 0.0537. The quantitative estimate of drug-likeness (QED) is 0.599. The molecular weight excluding hydrogens is 252 g/mol. The van der Waals surface area contributed by atoms with E-state index in [1.165, 1.54) is 0 Å². The second-order valence-corrected chi connectivity index (χ2v) is 4.42. The zero-order valence-corrected chi connectivity index (χ0v) is 11.4. The molecule has 0 radical (unpaired) electrons. The molecule has 2 aromatic carbocycles. The van der Waals surface area contributed by atoms with Gasteiger partial charge in [0.1, 0.15) is 11.9 Å². The van der Waals surface area contributed by atoms with Crippen molar-refractivity contribution < 1.29 is 9.47 Å². The van der Waals surface area contributed by atoms with Gasteiger partial charge in [0.05, 0.1) is 18.9 Å². The van der Waals surface area contributed by atoms with Crippen LogP contribution < -0.4 is 16.2 Å². The Morgan fingerprint density at radius 1 is 0.950 bits per heavy atom. The van der Waals surface area contributed by atoms with Gasteiger partial charge in [-0.15, -0.1) is 0 Å². The molecule has 4 nitrogen and oxygen atoms in total. The van der Waals surface area contributed by atoms with Crippen molar-refractivity contribution in [3.63, 3.8) is 0 Å². The number of hydrogen-bond acceptors (Lipinski definition) is 4. The van der Waals surface area contributed by atoms with Gasteiger partial charge in [-0.3, -0.25) is 0 Å². The van der Waals surface area contributed by atoms with Gasteiger partial charge in [0.2, 0.25) is 0 Å². The predicted molar refractivity (Wildman–Crippen MR) is 80.5 cm³/mol. The Bertz CT molecular complexity index is 517. The van der Waals surface area contributed by atoms with E-state index < -0.39 is 0 Å². The van der Waals surface area contributed by atoms with Crippen LogP contribution in [0.5, 0.6) is 5.75 Å². The molecule has 0 saturated heterocycles. The molecule has 106 valence electrons. The number of ether oxygens (including phenoxy) is 2. The summed E-state index contributed by atoms with van der Waals surface area (Å²) in [6, 6.07) is 17.4. The van der Waals surface area contributed by atoms with Crippen LogP contribution in [0.1, 0.15) is 11.7 Å². The van der Waals surface area contributed by atoms with Crippen molar-refractivity contribution >= 4 is 5.69 Å². The first-order valence-electron chi connectivity index (χ1n) is 6.65. The number of nitrogen functional groups attached to an aromatic ring is 1. The first kappa shape index (κ1) is 14.4. The van der Waals surface area contributed by atoms with Crippen molar-refractivity contribution in [2.75, 3.05) is 25.5 Å². The van der Waals surface area contributed by atoms with Gasteiger partial charge in [-0.05, 0) is 17.7 Å². The molecular formula is C16H20N2O2. The van der Waals surface area contributed by atoms with E-state index in [1.54, 1.807) is 0 Å². The van der Waals surface area contributed by atoms with Crippen LogP contribution in [-0.4, -0.2) is 19.8 Å². The Balaban J connectivity index is 2.12. The number of anilines is 1. The number of rotatable bonds is 7. The van der Waals surface area contributed by atoms with Crippen molar-refractivity contribution in [2.24, 2.45) is 5.73 Å².